The highest BCUT2D eigenvalue weighted by Gasteiger charge is 2.14. The lowest BCUT2D eigenvalue weighted by atomic mass is 10.0. The standard InChI is InChI=1S/C13H22N2O3S2/c1-9(2)4-5-10(3)15-12(16)8-11-6-7-13(19-11)20(14,17)18/h6-7,9-10H,4-5,8H2,1-3H3,(H,15,16)(H2,14,17,18). The molecule has 0 aliphatic carbocycles. The van der Waals surface area contributed by atoms with Gasteiger partial charge in [0.25, 0.3) is 0 Å². The number of rotatable bonds is 7. The van der Waals surface area contributed by atoms with E-state index in [0.717, 1.165) is 24.2 Å². The smallest absolute Gasteiger partial charge is 0.247 e. The lowest BCUT2D eigenvalue weighted by Gasteiger charge is -2.14. The van der Waals surface area contributed by atoms with Gasteiger partial charge in [-0.1, -0.05) is 13.8 Å². The molecular weight excluding hydrogens is 296 g/mol. The highest BCUT2D eigenvalue weighted by molar-refractivity contribution is 7.91. The van der Waals surface area contributed by atoms with Gasteiger partial charge >= 0.3 is 0 Å². The molecule has 3 N–H and O–H groups in total. The molecule has 1 amide bonds. The predicted octanol–water partition coefficient (Wildman–Crippen LogP) is 1.88. The first-order valence-electron chi connectivity index (χ1n) is 6.59. The van der Waals surface area contributed by atoms with E-state index in [4.69, 9.17) is 5.14 Å². The number of thiophene rings is 1. The molecule has 0 saturated heterocycles. The summed E-state index contributed by atoms with van der Waals surface area (Å²) < 4.78 is 22.4. The Balaban J connectivity index is 2.48. The Bertz CT molecular complexity index is 550. The van der Waals surface area contributed by atoms with Crippen LogP contribution in [0.5, 0.6) is 0 Å². The van der Waals surface area contributed by atoms with E-state index in [-0.39, 0.29) is 22.6 Å². The molecule has 0 radical (unpaired) electrons. The highest BCUT2D eigenvalue weighted by Crippen LogP contribution is 2.20. The maximum Gasteiger partial charge on any atom is 0.247 e. The second-order valence-electron chi connectivity index (χ2n) is 5.38. The van der Waals surface area contributed by atoms with Gasteiger partial charge in [-0.2, -0.15) is 0 Å². The van der Waals surface area contributed by atoms with Crippen molar-refractivity contribution in [2.45, 2.75) is 50.3 Å². The van der Waals surface area contributed by atoms with Crippen molar-refractivity contribution in [2.75, 3.05) is 0 Å². The molecule has 0 bridgehead atoms. The van der Waals surface area contributed by atoms with E-state index in [2.05, 4.69) is 19.2 Å². The quantitative estimate of drug-likeness (QED) is 0.804. The Morgan fingerprint density at radius 1 is 1.30 bits per heavy atom. The van der Waals surface area contributed by atoms with Crippen LogP contribution in [0.15, 0.2) is 16.3 Å². The first kappa shape index (κ1) is 17.1. The van der Waals surface area contributed by atoms with E-state index in [1.165, 1.54) is 6.07 Å². The van der Waals surface area contributed by atoms with Gasteiger partial charge in [0.1, 0.15) is 4.21 Å². The number of hydrogen-bond donors (Lipinski definition) is 2. The minimum absolute atomic E-state index is 0.0909. The van der Waals surface area contributed by atoms with Gasteiger partial charge in [-0.15, -0.1) is 11.3 Å². The number of nitrogens with two attached hydrogens (primary N) is 1. The van der Waals surface area contributed by atoms with Crippen LogP contribution in [-0.2, 0) is 21.2 Å². The molecular formula is C13H22N2O3S2. The van der Waals surface area contributed by atoms with E-state index < -0.39 is 10.0 Å². The second kappa shape index (κ2) is 7.19. The van der Waals surface area contributed by atoms with Crippen LogP contribution in [-0.4, -0.2) is 20.4 Å². The van der Waals surface area contributed by atoms with Gasteiger partial charge < -0.3 is 5.32 Å². The molecule has 20 heavy (non-hydrogen) atoms. The summed E-state index contributed by atoms with van der Waals surface area (Å²) >= 11 is 1.04. The number of amides is 1. The number of hydrogen-bond acceptors (Lipinski definition) is 4. The molecule has 114 valence electrons. The summed E-state index contributed by atoms with van der Waals surface area (Å²) in [6.45, 7) is 6.27. The SMILES string of the molecule is CC(C)CCC(C)NC(=O)Cc1ccc(S(N)(=O)=O)s1. The van der Waals surface area contributed by atoms with E-state index in [1.54, 1.807) is 6.07 Å². The van der Waals surface area contributed by atoms with E-state index in [1.807, 2.05) is 6.92 Å². The molecule has 0 aromatic carbocycles. The van der Waals surface area contributed by atoms with Gasteiger partial charge in [-0.25, -0.2) is 13.6 Å². The normalized spacial score (nSPS) is 13.4. The molecule has 1 heterocycles. The van der Waals surface area contributed by atoms with Crippen LogP contribution in [0.3, 0.4) is 0 Å². The lowest BCUT2D eigenvalue weighted by molar-refractivity contribution is -0.121. The van der Waals surface area contributed by atoms with E-state index in [0.29, 0.717) is 10.8 Å². The van der Waals surface area contributed by atoms with Gasteiger partial charge in [-0.3, -0.25) is 4.79 Å². The zero-order valence-corrected chi connectivity index (χ0v) is 13.7. The van der Waals surface area contributed by atoms with Gasteiger partial charge in [0.2, 0.25) is 15.9 Å². The molecule has 7 heteroatoms. The van der Waals surface area contributed by atoms with Gasteiger partial charge in [0, 0.05) is 10.9 Å². The molecule has 0 aliphatic rings. The molecule has 0 spiro atoms. The number of carbonyl (C=O) groups excluding carboxylic acids is 1. The van der Waals surface area contributed by atoms with Crippen molar-refractivity contribution in [1.82, 2.24) is 5.32 Å². The number of carbonyl (C=O) groups is 1. The van der Waals surface area contributed by atoms with Gasteiger partial charge in [0.05, 0.1) is 6.42 Å². The third-order valence-corrected chi connectivity index (χ3v) is 5.36. The molecule has 1 atom stereocenters. The predicted molar refractivity (Wildman–Crippen MR) is 81.1 cm³/mol. The molecule has 5 nitrogen and oxygen atoms in total. The number of sulfonamides is 1. The monoisotopic (exact) mass is 318 g/mol. The Hall–Kier alpha value is -0.920. The average Bonchev–Trinajstić information content (AvgIpc) is 2.74. The summed E-state index contributed by atoms with van der Waals surface area (Å²) in [5.41, 5.74) is 0. The summed E-state index contributed by atoms with van der Waals surface area (Å²) in [7, 11) is -3.67. The third-order valence-electron chi connectivity index (χ3n) is 2.84. The van der Waals surface area contributed by atoms with E-state index in [9.17, 15) is 13.2 Å². The molecule has 1 rings (SSSR count). The summed E-state index contributed by atoms with van der Waals surface area (Å²) in [5.74, 6) is 0.521. The fraction of sp³-hybridized carbons (Fsp3) is 0.615. The Morgan fingerprint density at radius 2 is 1.95 bits per heavy atom. The second-order valence-corrected chi connectivity index (χ2v) is 8.34. The minimum atomic E-state index is -3.67. The Kier molecular flexibility index (Phi) is 6.16. The number of primary sulfonamides is 1. The summed E-state index contributed by atoms with van der Waals surface area (Å²) in [5, 5.41) is 7.95. The molecule has 1 aromatic heterocycles. The van der Waals surface area contributed by atoms with Gasteiger partial charge in [0.15, 0.2) is 0 Å². The molecule has 1 aromatic rings. The fourth-order valence-corrected chi connectivity index (χ4v) is 3.52. The van der Waals surface area contributed by atoms with Crippen LogP contribution in [0.2, 0.25) is 0 Å². The van der Waals surface area contributed by atoms with Crippen molar-refractivity contribution in [3.63, 3.8) is 0 Å². The Labute approximate surface area is 124 Å². The minimum Gasteiger partial charge on any atom is -0.353 e. The molecule has 1 unspecified atom stereocenters. The maximum absolute atomic E-state index is 11.8. The Morgan fingerprint density at radius 3 is 2.45 bits per heavy atom. The fourth-order valence-electron chi connectivity index (χ4n) is 1.75. The van der Waals surface area contributed by atoms with Crippen LogP contribution >= 0.6 is 11.3 Å². The van der Waals surface area contributed by atoms with Crippen molar-refractivity contribution in [3.8, 4) is 0 Å². The van der Waals surface area contributed by atoms with Crippen molar-refractivity contribution in [1.29, 1.82) is 0 Å². The highest BCUT2D eigenvalue weighted by atomic mass is 32.2. The van der Waals surface area contributed by atoms with Crippen molar-refractivity contribution in [3.05, 3.63) is 17.0 Å². The van der Waals surface area contributed by atoms with Crippen molar-refractivity contribution >= 4 is 27.3 Å². The average molecular weight is 318 g/mol. The van der Waals surface area contributed by atoms with Crippen LogP contribution in [0.4, 0.5) is 0 Å². The number of nitrogens with one attached hydrogen (secondary N) is 1. The first-order valence-corrected chi connectivity index (χ1v) is 8.95. The maximum atomic E-state index is 11.8. The van der Waals surface area contributed by atoms with Crippen LogP contribution in [0.1, 0.15) is 38.5 Å². The zero-order valence-electron chi connectivity index (χ0n) is 12.0. The molecule has 0 fully saturated rings. The molecule has 0 aliphatic heterocycles. The summed E-state index contributed by atoms with van der Waals surface area (Å²) in [4.78, 5) is 12.5. The summed E-state index contributed by atoms with van der Waals surface area (Å²) in [6.07, 6.45) is 2.19. The first-order chi connectivity index (χ1) is 9.18. The van der Waals surface area contributed by atoms with Crippen molar-refractivity contribution in [2.24, 2.45) is 11.1 Å². The topological polar surface area (TPSA) is 89.3 Å². The van der Waals surface area contributed by atoms with Crippen molar-refractivity contribution < 1.29 is 13.2 Å². The van der Waals surface area contributed by atoms with Gasteiger partial charge in [-0.05, 0) is 37.8 Å². The van der Waals surface area contributed by atoms with Crippen LogP contribution in [0, 0.1) is 5.92 Å². The lowest BCUT2D eigenvalue weighted by Crippen LogP contribution is -2.33. The van der Waals surface area contributed by atoms with E-state index >= 15 is 0 Å². The zero-order chi connectivity index (χ0) is 15.3. The molecule has 0 saturated carbocycles. The summed E-state index contributed by atoms with van der Waals surface area (Å²) in [6, 6.07) is 3.19. The van der Waals surface area contributed by atoms with Crippen LogP contribution in [0.25, 0.3) is 0 Å². The van der Waals surface area contributed by atoms with Crippen LogP contribution < -0.4 is 10.5 Å². The third kappa shape index (κ3) is 6.02. The largest absolute Gasteiger partial charge is 0.353 e.